The maximum Gasteiger partial charge on any atom is 0.156 e. The Morgan fingerprint density at radius 3 is 2.00 bits per heavy atom. The van der Waals surface area contributed by atoms with E-state index in [4.69, 9.17) is 49.0 Å². The molecule has 3 atom stereocenters. The van der Waals surface area contributed by atoms with Crippen molar-refractivity contribution in [1.29, 1.82) is 0 Å². The number of benzene rings is 2. The molecule has 2 rings (SSSR count). The molecule has 3 unspecified atom stereocenters. The molecule has 0 aliphatic rings. The van der Waals surface area contributed by atoms with E-state index in [1.54, 1.807) is 0 Å². The second-order valence-corrected chi connectivity index (χ2v) is 10.8. The Balaban J connectivity index is 2.09. The molecule has 32 heavy (non-hydrogen) atoms. The minimum Gasteiger partial charge on any atom is -0.491 e. The summed E-state index contributed by atoms with van der Waals surface area (Å²) in [6, 6.07) is 11.3. The molecule has 0 amide bonds. The van der Waals surface area contributed by atoms with E-state index in [-0.39, 0.29) is 29.8 Å². The molecular weight excluding hydrogens is 590 g/mol. The van der Waals surface area contributed by atoms with E-state index in [9.17, 15) is 10.2 Å². The fourth-order valence-corrected chi connectivity index (χ4v) is 3.79. The van der Waals surface area contributed by atoms with Crippen LogP contribution in [0.2, 0.25) is 10.0 Å². The van der Waals surface area contributed by atoms with Crippen LogP contribution < -0.4 is 9.47 Å². The van der Waals surface area contributed by atoms with Gasteiger partial charge in [-0.1, -0.05) is 71.8 Å². The minimum atomic E-state index is -0.802. The van der Waals surface area contributed by atoms with Gasteiger partial charge in [0.15, 0.2) is 5.75 Å². The summed E-state index contributed by atoms with van der Waals surface area (Å²) < 4.78 is 16.6. The molecule has 2 N–H and O–H groups in total. The van der Waals surface area contributed by atoms with Crippen molar-refractivity contribution in [3.63, 3.8) is 0 Å². The van der Waals surface area contributed by atoms with Crippen molar-refractivity contribution in [1.82, 2.24) is 0 Å². The van der Waals surface area contributed by atoms with E-state index in [2.05, 4.69) is 36.4 Å². The quantitative estimate of drug-likeness (QED) is 0.232. The van der Waals surface area contributed by atoms with Gasteiger partial charge in [0.25, 0.3) is 0 Å². The van der Waals surface area contributed by atoms with Gasteiger partial charge >= 0.3 is 0 Å². The van der Waals surface area contributed by atoms with Crippen LogP contribution in [0.5, 0.6) is 11.5 Å². The summed E-state index contributed by atoms with van der Waals surface area (Å²) in [5, 5.41) is 20.3. The van der Waals surface area contributed by atoms with Gasteiger partial charge in [0.2, 0.25) is 0 Å². The molecular formula is C23H28Cl3IO5. The lowest BCUT2D eigenvalue weighted by atomic mass is 9.78. The lowest BCUT2D eigenvalue weighted by molar-refractivity contribution is 0.0114. The van der Waals surface area contributed by atoms with Gasteiger partial charge in [0.1, 0.15) is 35.3 Å². The Morgan fingerprint density at radius 1 is 0.906 bits per heavy atom. The highest BCUT2D eigenvalue weighted by Crippen LogP contribution is 2.40. The number of halogens is 4. The van der Waals surface area contributed by atoms with E-state index >= 15 is 0 Å². The monoisotopic (exact) mass is 616 g/mol. The van der Waals surface area contributed by atoms with Crippen LogP contribution in [-0.2, 0) is 10.2 Å². The number of aliphatic hydroxyl groups excluding tert-OH is 2. The largest absolute Gasteiger partial charge is 0.491 e. The van der Waals surface area contributed by atoms with Crippen molar-refractivity contribution in [2.75, 3.05) is 25.7 Å². The lowest BCUT2D eigenvalue weighted by Gasteiger charge is -2.27. The maximum atomic E-state index is 9.94. The van der Waals surface area contributed by atoms with Crippen molar-refractivity contribution in [2.45, 2.75) is 42.5 Å². The molecule has 0 aliphatic heterocycles. The number of rotatable bonds is 12. The first-order valence-corrected chi connectivity index (χ1v) is 12.6. The lowest BCUT2D eigenvalue weighted by Crippen LogP contribution is -2.24. The zero-order valence-electron chi connectivity index (χ0n) is 18.2. The first-order valence-electron chi connectivity index (χ1n) is 10.1. The zero-order valence-corrected chi connectivity index (χ0v) is 22.6. The predicted molar refractivity (Wildman–Crippen MR) is 138 cm³/mol. The van der Waals surface area contributed by atoms with Crippen LogP contribution in [0, 0.1) is 0 Å². The molecule has 0 bridgehead atoms. The topological polar surface area (TPSA) is 68.2 Å². The van der Waals surface area contributed by atoms with E-state index in [0.717, 1.165) is 11.1 Å². The zero-order chi connectivity index (χ0) is 23.9. The predicted octanol–water partition coefficient (Wildman–Crippen LogP) is 5.84. The summed E-state index contributed by atoms with van der Waals surface area (Å²) in [5.41, 5.74) is 1.54. The van der Waals surface area contributed by atoms with Gasteiger partial charge in [-0.3, -0.25) is 0 Å². The molecule has 0 fully saturated rings. The van der Waals surface area contributed by atoms with Gasteiger partial charge in [0, 0.05) is 5.41 Å². The van der Waals surface area contributed by atoms with Crippen LogP contribution >= 0.6 is 57.4 Å². The Morgan fingerprint density at radius 2 is 1.47 bits per heavy atom. The molecule has 178 valence electrons. The Hall–Kier alpha value is -0.480. The van der Waals surface area contributed by atoms with Gasteiger partial charge in [-0.15, -0.1) is 11.6 Å². The van der Waals surface area contributed by atoms with Crippen molar-refractivity contribution in [2.24, 2.45) is 0 Å². The first kappa shape index (κ1) is 27.8. The van der Waals surface area contributed by atoms with Gasteiger partial charge in [-0.2, -0.15) is 0 Å². The normalized spacial score (nSPS) is 14.7. The third-order valence-corrected chi connectivity index (χ3v) is 6.13. The Bertz CT molecular complexity index is 838. The minimum absolute atomic E-state index is 0.00502. The summed E-state index contributed by atoms with van der Waals surface area (Å²) in [6.45, 7) is 6.41. The number of alkyl halides is 2. The molecule has 0 saturated carbocycles. The van der Waals surface area contributed by atoms with Crippen molar-refractivity contribution in [3.05, 3.63) is 57.6 Å². The van der Waals surface area contributed by atoms with E-state index in [1.807, 2.05) is 43.3 Å². The van der Waals surface area contributed by atoms with E-state index < -0.39 is 17.6 Å². The van der Waals surface area contributed by atoms with Gasteiger partial charge in [-0.05, 0) is 42.3 Å². The van der Waals surface area contributed by atoms with Gasteiger partial charge in [0.05, 0.1) is 22.5 Å². The Kier molecular flexibility index (Phi) is 11.1. The van der Waals surface area contributed by atoms with Crippen LogP contribution in [-0.4, -0.2) is 52.2 Å². The standard InChI is InChI=1S/C23H28Cl3IO5/c1-14(27)30-12-18(29)13-31-19-6-4-15(5-7-19)23(2,3)16-8-20(25)22(21(26)9-16)32-11-17(28)10-24/h4-9,14,17-18,28-29H,10-13H2,1-3H3. The highest BCUT2D eigenvalue weighted by Gasteiger charge is 2.26. The van der Waals surface area contributed by atoms with Crippen molar-refractivity contribution in [3.8, 4) is 11.5 Å². The smallest absolute Gasteiger partial charge is 0.156 e. The number of hydrogen-bond acceptors (Lipinski definition) is 5. The maximum absolute atomic E-state index is 9.94. The number of aliphatic hydroxyl groups is 2. The van der Waals surface area contributed by atoms with Crippen LogP contribution in [0.4, 0.5) is 0 Å². The molecule has 2 aromatic carbocycles. The van der Waals surface area contributed by atoms with Crippen LogP contribution in [0.25, 0.3) is 0 Å². The second-order valence-electron chi connectivity index (χ2n) is 7.88. The highest BCUT2D eigenvalue weighted by atomic mass is 127. The molecule has 5 nitrogen and oxygen atoms in total. The summed E-state index contributed by atoms with van der Waals surface area (Å²) in [5.74, 6) is 1.04. The van der Waals surface area contributed by atoms with Crippen molar-refractivity contribution >= 4 is 57.4 Å². The molecule has 9 heteroatoms. The number of ether oxygens (including phenoxy) is 3. The summed E-state index contributed by atoms with van der Waals surface area (Å²) in [7, 11) is 0. The summed E-state index contributed by atoms with van der Waals surface area (Å²) in [4.78, 5) is 0. The van der Waals surface area contributed by atoms with E-state index in [1.165, 1.54) is 0 Å². The SMILES string of the molecule is CC(I)OCC(O)COc1ccc(C(C)(C)c2cc(Cl)c(OCC(O)CCl)c(Cl)c2)cc1. The highest BCUT2D eigenvalue weighted by molar-refractivity contribution is 14.1. The fraction of sp³-hybridized carbons (Fsp3) is 0.478. The third kappa shape index (κ3) is 8.08. The molecule has 0 spiro atoms. The molecule has 0 aliphatic carbocycles. The molecule has 0 saturated heterocycles. The average molecular weight is 618 g/mol. The molecule has 0 radical (unpaired) electrons. The Labute approximate surface area is 218 Å². The first-order chi connectivity index (χ1) is 15.0. The van der Waals surface area contributed by atoms with Crippen LogP contribution in [0.1, 0.15) is 31.9 Å². The third-order valence-electron chi connectivity index (χ3n) is 4.85. The van der Waals surface area contributed by atoms with Gasteiger partial charge < -0.3 is 24.4 Å². The fourth-order valence-electron chi connectivity index (χ4n) is 2.90. The van der Waals surface area contributed by atoms with E-state index in [0.29, 0.717) is 21.5 Å². The van der Waals surface area contributed by atoms with Crippen LogP contribution in [0.3, 0.4) is 0 Å². The summed E-state index contributed by atoms with van der Waals surface area (Å²) in [6.07, 6.45) is -1.50. The molecule has 0 heterocycles. The van der Waals surface area contributed by atoms with Crippen molar-refractivity contribution < 1.29 is 24.4 Å². The molecule has 2 aromatic rings. The summed E-state index contributed by atoms with van der Waals surface area (Å²) >= 11 is 20.6. The number of hydrogen-bond donors (Lipinski definition) is 2. The second kappa shape index (κ2) is 12.8. The average Bonchev–Trinajstić information content (AvgIpc) is 2.75. The van der Waals surface area contributed by atoms with Crippen LogP contribution in [0.15, 0.2) is 36.4 Å². The molecule has 0 aromatic heterocycles. The van der Waals surface area contributed by atoms with Gasteiger partial charge in [-0.25, -0.2) is 0 Å².